The predicted octanol–water partition coefficient (Wildman–Crippen LogP) is 5.35. The van der Waals surface area contributed by atoms with Gasteiger partial charge in [-0.2, -0.15) is 0 Å². The molecule has 1 N–H and O–H groups in total. The Labute approximate surface area is 236 Å². The van der Waals surface area contributed by atoms with Crippen LogP contribution in [0.5, 0.6) is 0 Å². The zero-order chi connectivity index (χ0) is 26.4. The Balaban J connectivity index is 0.00000400. The molecule has 4 rings (SSSR count). The minimum Gasteiger partial charge on any atom is -0.355 e. The fourth-order valence-electron chi connectivity index (χ4n) is 4.64. The molecule has 9 heteroatoms. The van der Waals surface area contributed by atoms with E-state index < -0.39 is 0 Å². The molecular formula is C29H38ClN5O2S. The Bertz CT molecular complexity index is 1220. The lowest BCUT2D eigenvalue weighted by atomic mass is 10.1. The van der Waals surface area contributed by atoms with E-state index in [0.29, 0.717) is 19.6 Å². The molecule has 1 aliphatic heterocycles. The highest BCUT2D eigenvalue weighted by Gasteiger charge is 2.27. The second-order valence-corrected chi connectivity index (χ2v) is 10.6. The minimum atomic E-state index is -0.0702. The molecule has 2 heterocycles. The number of nitrogens with zero attached hydrogens (tertiary/aromatic N) is 4. The Kier molecular flexibility index (Phi) is 10.7. The van der Waals surface area contributed by atoms with Gasteiger partial charge in [0.2, 0.25) is 5.91 Å². The summed E-state index contributed by atoms with van der Waals surface area (Å²) in [7, 11) is 1.82. The number of aryl methyl sites for hydroxylation is 2. The third kappa shape index (κ3) is 7.34. The molecule has 0 bridgehead atoms. The summed E-state index contributed by atoms with van der Waals surface area (Å²) in [6.07, 6.45) is 3.15. The van der Waals surface area contributed by atoms with Crippen LogP contribution in [0.1, 0.15) is 48.6 Å². The Morgan fingerprint density at radius 3 is 2.37 bits per heavy atom. The molecule has 1 aromatic heterocycles. The maximum atomic E-state index is 13.5. The van der Waals surface area contributed by atoms with Gasteiger partial charge >= 0.3 is 0 Å². The number of amides is 2. The smallest absolute Gasteiger partial charge is 0.256 e. The molecule has 0 fully saturated rings. The van der Waals surface area contributed by atoms with Crippen LogP contribution in [0.2, 0.25) is 0 Å². The Morgan fingerprint density at radius 1 is 1.05 bits per heavy atom. The highest BCUT2D eigenvalue weighted by atomic mass is 35.5. The topological polar surface area (TPSA) is 68.8 Å². The number of nitrogens with one attached hydrogen (secondary N) is 1. The molecule has 0 saturated heterocycles. The van der Waals surface area contributed by atoms with Crippen molar-refractivity contribution >= 4 is 41.2 Å². The molecule has 0 unspecified atom stereocenters. The predicted molar refractivity (Wildman–Crippen MR) is 157 cm³/mol. The van der Waals surface area contributed by atoms with E-state index in [0.717, 1.165) is 46.8 Å². The van der Waals surface area contributed by atoms with Crippen LogP contribution in [0.4, 0.5) is 5.69 Å². The van der Waals surface area contributed by atoms with Gasteiger partial charge in [-0.05, 0) is 55.2 Å². The van der Waals surface area contributed by atoms with Gasteiger partial charge in [-0.15, -0.1) is 23.7 Å². The van der Waals surface area contributed by atoms with Crippen LogP contribution in [-0.2, 0) is 22.7 Å². The van der Waals surface area contributed by atoms with E-state index >= 15 is 0 Å². The first kappa shape index (κ1) is 29.6. The normalized spacial score (nSPS) is 12.5. The van der Waals surface area contributed by atoms with Crippen LogP contribution in [0, 0.1) is 13.8 Å². The molecular weight excluding hydrogens is 518 g/mol. The summed E-state index contributed by atoms with van der Waals surface area (Å²) in [4.78, 5) is 32.8. The average Bonchev–Trinajstić information content (AvgIpc) is 3.52. The van der Waals surface area contributed by atoms with Crippen molar-refractivity contribution in [2.24, 2.45) is 0 Å². The highest BCUT2D eigenvalue weighted by molar-refractivity contribution is 7.13. The lowest BCUT2D eigenvalue weighted by molar-refractivity contribution is -0.145. The summed E-state index contributed by atoms with van der Waals surface area (Å²) in [6.45, 7) is 8.46. The number of aromatic nitrogens is 1. The SMILES string of the molecule is CCCCCNC(=O)CN(CC(=O)N(C)N1Cc2ccccc2C1)c1ccc(-c2nc(C)cs2)cc1C.Cl. The molecule has 0 spiro atoms. The van der Waals surface area contributed by atoms with Crippen molar-refractivity contribution in [2.45, 2.75) is 53.1 Å². The van der Waals surface area contributed by atoms with Crippen LogP contribution < -0.4 is 10.2 Å². The molecule has 2 aromatic carbocycles. The van der Waals surface area contributed by atoms with Gasteiger partial charge in [-0.1, -0.05) is 44.0 Å². The number of carbonyl (C=O) groups is 2. The molecule has 0 saturated carbocycles. The summed E-state index contributed by atoms with van der Waals surface area (Å²) in [5.41, 5.74) is 6.42. The summed E-state index contributed by atoms with van der Waals surface area (Å²) < 4.78 is 0. The first-order valence-electron chi connectivity index (χ1n) is 13.0. The van der Waals surface area contributed by atoms with Gasteiger partial charge in [0.1, 0.15) is 5.01 Å². The maximum Gasteiger partial charge on any atom is 0.256 e. The van der Waals surface area contributed by atoms with Gasteiger partial charge in [0, 0.05) is 49.0 Å². The third-order valence-electron chi connectivity index (χ3n) is 6.78. The van der Waals surface area contributed by atoms with Crippen molar-refractivity contribution in [1.29, 1.82) is 0 Å². The molecule has 0 radical (unpaired) electrons. The van der Waals surface area contributed by atoms with E-state index in [1.807, 2.05) is 55.4 Å². The molecule has 3 aromatic rings. The number of benzene rings is 2. The van der Waals surface area contributed by atoms with Gasteiger partial charge in [0.25, 0.3) is 5.91 Å². The minimum absolute atomic E-state index is 0. The standard InChI is InChI=1S/C29H37N5O2S.ClH/c1-5-6-9-14-30-27(35)18-33(26-13-12-23(15-21(26)2)29-31-22(3)20-37-29)19-28(36)32(4)34-16-24-10-7-8-11-25(24)17-34;/h7-8,10-13,15,20H,5-6,9,14,16-19H2,1-4H3,(H,30,35);1H. The van der Waals surface area contributed by atoms with Crippen LogP contribution in [0.3, 0.4) is 0 Å². The largest absolute Gasteiger partial charge is 0.355 e. The molecule has 38 heavy (non-hydrogen) atoms. The lowest BCUT2D eigenvalue weighted by Crippen LogP contribution is -2.48. The van der Waals surface area contributed by atoms with E-state index in [-0.39, 0.29) is 37.3 Å². The van der Waals surface area contributed by atoms with Gasteiger partial charge in [-0.3, -0.25) is 14.6 Å². The highest BCUT2D eigenvalue weighted by Crippen LogP contribution is 2.29. The summed E-state index contributed by atoms with van der Waals surface area (Å²) in [5, 5.41) is 9.79. The van der Waals surface area contributed by atoms with Gasteiger partial charge in [0.05, 0.1) is 13.1 Å². The number of hydrogen-bond donors (Lipinski definition) is 1. The van der Waals surface area contributed by atoms with Crippen LogP contribution in [0.15, 0.2) is 47.8 Å². The number of hydrogen-bond acceptors (Lipinski definition) is 6. The van der Waals surface area contributed by atoms with Crippen LogP contribution >= 0.6 is 23.7 Å². The van der Waals surface area contributed by atoms with E-state index in [1.54, 1.807) is 16.3 Å². The van der Waals surface area contributed by atoms with Gasteiger partial charge in [0.15, 0.2) is 0 Å². The average molecular weight is 556 g/mol. The summed E-state index contributed by atoms with van der Waals surface area (Å²) in [5.74, 6) is -0.121. The fourth-order valence-corrected chi connectivity index (χ4v) is 5.43. The quantitative estimate of drug-likeness (QED) is 0.323. The second-order valence-electron chi connectivity index (χ2n) is 9.72. The van der Waals surface area contributed by atoms with Crippen molar-refractivity contribution in [3.05, 3.63) is 70.2 Å². The lowest BCUT2D eigenvalue weighted by Gasteiger charge is -2.32. The first-order chi connectivity index (χ1) is 17.9. The molecule has 7 nitrogen and oxygen atoms in total. The van der Waals surface area contributed by atoms with E-state index in [2.05, 4.69) is 40.4 Å². The van der Waals surface area contributed by atoms with Crippen LogP contribution in [0.25, 0.3) is 10.6 Å². The number of likely N-dealkylation sites (N-methyl/N-ethyl adjacent to an activating group) is 1. The second kappa shape index (κ2) is 13.7. The first-order valence-corrected chi connectivity index (χ1v) is 13.9. The van der Waals surface area contributed by atoms with Gasteiger partial charge < -0.3 is 10.2 Å². The zero-order valence-corrected chi connectivity index (χ0v) is 24.3. The summed E-state index contributed by atoms with van der Waals surface area (Å²) in [6, 6.07) is 14.4. The number of anilines is 1. The number of thiazole rings is 1. The molecule has 204 valence electrons. The maximum absolute atomic E-state index is 13.5. The van der Waals surface area contributed by atoms with Crippen molar-refractivity contribution in [3.8, 4) is 10.6 Å². The van der Waals surface area contributed by atoms with Gasteiger partial charge in [-0.25, -0.2) is 9.99 Å². The molecule has 0 atom stereocenters. The monoisotopic (exact) mass is 555 g/mol. The zero-order valence-electron chi connectivity index (χ0n) is 22.7. The van der Waals surface area contributed by atoms with E-state index in [1.165, 1.54) is 11.1 Å². The van der Waals surface area contributed by atoms with E-state index in [9.17, 15) is 9.59 Å². The van der Waals surface area contributed by atoms with E-state index in [4.69, 9.17) is 0 Å². The van der Waals surface area contributed by atoms with Crippen molar-refractivity contribution in [2.75, 3.05) is 31.6 Å². The number of hydrazine groups is 1. The number of fused-ring (bicyclic) bond motifs is 1. The number of rotatable bonds is 11. The Morgan fingerprint density at radius 2 is 1.76 bits per heavy atom. The molecule has 0 aliphatic carbocycles. The fraction of sp³-hybridized carbons (Fsp3) is 0.414. The molecule has 1 aliphatic rings. The Hall–Kier alpha value is -2.94. The summed E-state index contributed by atoms with van der Waals surface area (Å²) >= 11 is 1.62. The van der Waals surface area contributed by atoms with Crippen LogP contribution in [-0.4, -0.2) is 53.5 Å². The number of halogens is 1. The number of carbonyl (C=O) groups excluding carboxylic acids is 2. The number of unbranched alkanes of at least 4 members (excludes halogenated alkanes) is 2. The molecule has 2 amide bonds. The van der Waals surface area contributed by atoms with Crippen molar-refractivity contribution in [1.82, 2.24) is 20.3 Å². The van der Waals surface area contributed by atoms with Crippen molar-refractivity contribution in [3.63, 3.8) is 0 Å². The third-order valence-corrected chi connectivity index (χ3v) is 7.79. The van der Waals surface area contributed by atoms with Crippen molar-refractivity contribution < 1.29 is 9.59 Å².